The zero-order valence-corrected chi connectivity index (χ0v) is 29.3. The molecule has 3 amide bonds. The van der Waals surface area contributed by atoms with Crippen LogP contribution in [-0.4, -0.2) is 42.2 Å². The molecule has 49 heavy (non-hydrogen) atoms. The normalized spacial score (nSPS) is 11.7. The van der Waals surface area contributed by atoms with E-state index in [2.05, 4.69) is 20.9 Å². The summed E-state index contributed by atoms with van der Waals surface area (Å²) in [6, 6.07) is 29.2. The van der Waals surface area contributed by atoms with Crippen molar-refractivity contribution in [1.82, 2.24) is 10.3 Å². The van der Waals surface area contributed by atoms with E-state index in [9.17, 15) is 14.4 Å². The van der Waals surface area contributed by atoms with Gasteiger partial charge in [-0.3, -0.25) is 14.4 Å². The molecule has 0 fully saturated rings. The Balaban J connectivity index is 1.30. The van der Waals surface area contributed by atoms with Crippen LogP contribution in [0.5, 0.6) is 11.5 Å². The Kier molecular flexibility index (Phi) is 11.5. The van der Waals surface area contributed by atoms with Crippen molar-refractivity contribution in [2.24, 2.45) is 0 Å². The second-order valence-corrected chi connectivity index (χ2v) is 13.6. The van der Waals surface area contributed by atoms with Crippen molar-refractivity contribution in [2.75, 3.05) is 24.9 Å². The lowest BCUT2D eigenvalue weighted by molar-refractivity contribution is -0.115. The van der Waals surface area contributed by atoms with Crippen molar-refractivity contribution in [3.8, 4) is 22.8 Å². The number of rotatable bonds is 12. The number of carbonyl (C=O) groups excluding carboxylic acids is 3. The molecule has 0 aliphatic heterocycles. The highest BCUT2D eigenvalue weighted by Crippen LogP contribution is 2.33. The molecule has 0 spiro atoms. The lowest BCUT2D eigenvalue weighted by Crippen LogP contribution is -2.30. The number of thioether (sulfide) groups is 1. The van der Waals surface area contributed by atoms with E-state index >= 15 is 0 Å². The second-order valence-electron chi connectivity index (χ2n) is 11.0. The number of benzene rings is 4. The van der Waals surface area contributed by atoms with Crippen molar-refractivity contribution in [3.63, 3.8) is 0 Å². The van der Waals surface area contributed by atoms with Gasteiger partial charge in [-0.15, -0.1) is 23.1 Å². The predicted molar refractivity (Wildman–Crippen MR) is 197 cm³/mol. The van der Waals surface area contributed by atoms with Crippen molar-refractivity contribution >= 4 is 57.7 Å². The SMILES string of the molecule is COc1cccc(/C=C(/NC(=O)c2ccccc2)C(=O)Nc2cccc(SC(C)C(=O)Nc3nc(-c4ccc(C)cc4)c(C)s3)c2)c1OC. The minimum absolute atomic E-state index is 0.00467. The molecule has 5 rings (SSSR count). The van der Waals surface area contributed by atoms with Crippen molar-refractivity contribution < 1.29 is 23.9 Å². The number of para-hydroxylation sites is 1. The van der Waals surface area contributed by atoms with Crippen LogP contribution in [0.15, 0.2) is 108 Å². The molecule has 1 atom stereocenters. The average Bonchev–Trinajstić information content (AvgIpc) is 3.47. The van der Waals surface area contributed by atoms with E-state index < -0.39 is 17.1 Å². The molecule has 4 aromatic carbocycles. The number of aryl methyl sites for hydroxylation is 2. The molecule has 1 unspecified atom stereocenters. The van der Waals surface area contributed by atoms with Crippen molar-refractivity contribution in [3.05, 3.63) is 124 Å². The summed E-state index contributed by atoms with van der Waals surface area (Å²) in [4.78, 5) is 46.4. The fourth-order valence-corrected chi connectivity index (χ4v) is 6.63. The quantitative estimate of drug-likeness (QED) is 0.0897. The summed E-state index contributed by atoms with van der Waals surface area (Å²) in [5, 5.41) is 8.65. The highest BCUT2D eigenvalue weighted by molar-refractivity contribution is 8.00. The van der Waals surface area contributed by atoms with Gasteiger partial charge in [0.2, 0.25) is 5.91 Å². The van der Waals surface area contributed by atoms with E-state index in [-0.39, 0.29) is 11.6 Å². The lowest BCUT2D eigenvalue weighted by Gasteiger charge is -2.15. The third-order valence-corrected chi connectivity index (χ3v) is 9.37. The Morgan fingerprint density at radius 2 is 1.59 bits per heavy atom. The van der Waals surface area contributed by atoms with E-state index in [1.54, 1.807) is 66.7 Å². The number of amides is 3. The molecule has 250 valence electrons. The minimum atomic E-state index is -0.550. The van der Waals surface area contributed by atoms with Crippen LogP contribution in [-0.2, 0) is 9.59 Å². The molecule has 0 bridgehead atoms. The molecule has 9 nitrogen and oxygen atoms in total. The molecule has 0 saturated heterocycles. The summed E-state index contributed by atoms with van der Waals surface area (Å²) in [5.74, 6) is -0.302. The van der Waals surface area contributed by atoms with E-state index in [0.717, 1.165) is 21.0 Å². The molecule has 3 N–H and O–H groups in total. The van der Waals surface area contributed by atoms with Crippen LogP contribution in [0.25, 0.3) is 17.3 Å². The Bertz CT molecular complexity index is 1990. The monoisotopic (exact) mass is 692 g/mol. The maximum Gasteiger partial charge on any atom is 0.272 e. The van der Waals surface area contributed by atoms with Gasteiger partial charge in [-0.05, 0) is 63.2 Å². The molecular formula is C38H36N4O5S2. The average molecular weight is 693 g/mol. The number of hydrogen-bond acceptors (Lipinski definition) is 8. The molecule has 1 heterocycles. The Hall–Kier alpha value is -5.39. The largest absolute Gasteiger partial charge is 0.493 e. The van der Waals surface area contributed by atoms with Gasteiger partial charge in [-0.1, -0.05) is 66.2 Å². The van der Waals surface area contributed by atoms with Gasteiger partial charge in [-0.25, -0.2) is 4.98 Å². The van der Waals surface area contributed by atoms with Gasteiger partial charge in [0, 0.05) is 32.2 Å². The number of carbonyl (C=O) groups is 3. The highest BCUT2D eigenvalue weighted by Gasteiger charge is 2.20. The van der Waals surface area contributed by atoms with E-state index in [0.29, 0.717) is 33.4 Å². The number of hydrogen-bond donors (Lipinski definition) is 3. The maximum absolute atomic E-state index is 13.7. The van der Waals surface area contributed by atoms with Crippen LogP contribution in [0.4, 0.5) is 10.8 Å². The third kappa shape index (κ3) is 8.95. The Morgan fingerprint density at radius 1 is 0.857 bits per heavy atom. The van der Waals surface area contributed by atoms with Gasteiger partial charge in [0.05, 0.1) is 25.2 Å². The minimum Gasteiger partial charge on any atom is -0.493 e. The fourth-order valence-electron chi connectivity index (χ4n) is 4.86. The zero-order valence-electron chi connectivity index (χ0n) is 27.7. The molecule has 5 aromatic rings. The van der Waals surface area contributed by atoms with Crippen LogP contribution in [0, 0.1) is 13.8 Å². The number of thiazole rings is 1. The van der Waals surface area contributed by atoms with E-state index in [1.165, 1.54) is 49.0 Å². The molecule has 0 aliphatic rings. The van der Waals surface area contributed by atoms with Gasteiger partial charge < -0.3 is 25.4 Å². The lowest BCUT2D eigenvalue weighted by atomic mass is 10.1. The summed E-state index contributed by atoms with van der Waals surface area (Å²) >= 11 is 2.78. The van der Waals surface area contributed by atoms with Gasteiger partial charge in [0.1, 0.15) is 5.70 Å². The zero-order chi connectivity index (χ0) is 34.9. The van der Waals surface area contributed by atoms with Gasteiger partial charge >= 0.3 is 0 Å². The summed E-state index contributed by atoms with van der Waals surface area (Å²) < 4.78 is 11.0. The number of nitrogens with zero attached hydrogens (tertiary/aromatic N) is 1. The third-order valence-electron chi connectivity index (χ3n) is 7.39. The Morgan fingerprint density at radius 3 is 2.31 bits per heavy atom. The number of ether oxygens (including phenoxy) is 2. The topological polar surface area (TPSA) is 119 Å². The molecular weight excluding hydrogens is 657 g/mol. The summed E-state index contributed by atoms with van der Waals surface area (Å²) in [6.07, 6.45) is 1.53. The Labute approximate surface area is 293 Å². The first-order valence-electron chi connectivity index (χ1n) is 15.4. The van der Waals surface area contributed by atoms with Gasteiger partial charge in [0.15, 0.2) is 16.6 Å². The predicted octanol–water partition coefficient (Wildman–Crippen LogP) is 7.97. The summed E-state index contributed by atoms with van der Waals surface area (Å²) in [7, 11) is 3.02. The molecule has 1 aromatic heterocycles. The number of aromatic nitrogens is 1. The van der Waals surface area contributed by atoms with Crippen LogP contribution in [0.1, 0.15) is 33.3 Å². The number of anilines is 2. The van der Waals surface area contributed by atoms with Crippen LogP contribution < -0.4 is 25.4 Å². The first-order valence-corrected chi connectivity index (χ1v) is 17.1. The molecule has 11 heteroatoms. The number of nitrogens with one attached hydrogen (secondary N) is 3. The van der Waals surface area contributed by atoms with E-state index in [1.807, 2.05) is 51.1 Å². The highest BCUT2D eigenvalue weighted by atomic mass is 32.2. The molecule has 0 aliphatic carbocycles. The van der Waals surface area contributed by atoms with Crippen molar-refractivity contribution in [1.29, 1.82) is 0 Å². The van der Waals surface area contributed by atoms with Crippen LogP contribution in [0.3, 0.4) is 0 Å². The molecule has 0 radical (unpaired) electrons. The first kappa shape index (κ1) is 34.9. The van der Waals surface area contributed by atoms with Gasteiger partial charge in [0.25, 0.3) is 11.8 Å². The molecule has 0 saturated carbocycles. The maximum atomic E-state index is 13.7. The second kappa shape index (κ2) is 16.1. The summed E-state index contributed by atoms with van der Waals surface area (Å²) in [5.41, 5.74) is 4.42. The van der Waals surface area contributed by atoms with Crippen molar-refractivity contribution in [2.45, 2.75) is 30.9 Å². The number of methoxy groups -OCH3 is 2. The standard InChI is InChI=1S/C38H36N4O5S2/c1-23-17-19-26(20-18-23)33-24(2)49-38(41-33)42-35(43)25(3)48-30-15-10-14-29(22-30)39-37(45)31(40-36(44)27-11-7-6-8-12-27)21-28-13-9-16-32(46-4)34(28)47-5/h6-22,25H,1-5H3,(H,39,45)(H,40,44)(H,41,42,43)/b31-21+. The van der Waals surface area contributed by atoms with Crippen LogP contribution in [0.2, 0.25) is 0 Å². The van der Waals surface area contributed by atoms with Crippen LogP contribution >= 0.6 is 23.1 Å². The van der Waals surface area contributed by atoms with Gasteiger partial charge in [-0.2, -0.15) is 0 Å². The smallest absolute Gasteiger partial charge is 0.272 e. The fraction of sp³-hybridized carbons (Fsp3) is 0.158. The summed E-state index contributed by atoms with van der Waals surface area (Å²) in [6.45, 7) is 5.84. The van der Waals surface area contributed by atoms with E-state index in [4.69, 9.17) is 9.47 Å². The first-order chi connectivity index (χ1) is 23.6.